The molecular formula is C21H24ClFN2O2S. The normalized spacial score (nSPS) is 17.1. The second-order valence-corrected chi connectivity index (χ2v) is 8.53. The summed E-state index contributed by atoms with van der Waals surface area (Å²) in [6, 6.07) is 13.9. The Kier molecular flexibility index (Phi) is 7.73. The van der Waals surface area contributed by atoms with Crippen molar-refractivity contribution < 1.29 is 13.9 Å². The summed E-state index contributed by atoms with van der Waals surface area (Å²) >= 11 is 7.40. The molecule has 0 aliphatic carbocycles. The molecule has 0 spiro atoms. The van der Waals surface area contributed by atoms with Gasteiger partial charge in [-0.2, -0.15) is 0 Å². The minimum atomic E-state index is -0.263. The maximum Gasteiger partial charge on any atom is 0.233 e. The minimum absolute atomic E-state index is 0.0128. The molecule has 1 aliphatic heterocycles. The summed E-state index contributed by atoms with van der Waals surface area (Å²) in [6.07, 6.45) is 0. The van der Waals surface area contributed by atoms with Gasteiger partial charge in [0.25, 0.3) is 0 Å². The fraction of sp³-hybridized carbons (Fsp3) is 0.381. The van der Waals surface area contributed by atoms with E-state index in [4.69, 9.17) is 16.3 Å². The average Bonchev–Trinajstić information content (AvgIpc) is 2.71. The fourth-order valence-corrected chi connectivity index (χ4v) is 4.16. The van der Waals surface area contributed by atoms with Crippen molar-refractivity contribution in [1.82, 2.24) is 10.2 Å². The Morgan fingerprint density at radius 3 is 2.46 bits per heavy atom. The van der Waals surface area contributed by atoms with Crippen molar-refractivity contribution in [3.63, 3.8) is 0 Å². The van der Waals surface area contributed by atoms with Crippen LogP contribution in [-0.4, -0.2) is 48.9 Å². The molecule has 2 aromatic rings. The molecule has 0 aromatic heterocycles. The van der Waals surface area contributed by atoms with Gasteiger partial charge in [0.2, 0.25) is 5.91 Å². The van der Waals surface area contributed by atoms with E-state index in [9.17, 15) is 9.18 Å². The molecule has 0 radical (unpaired) electrons. The molecule has 1 heterocycles. The summed E-state index contributed by atoms with van der Waals surface area (Å²) in [6.45, 7) is 5.25. The Labute approximate surface area is 174 Å². The maximum absolute atomic E-state index is 13.3. The van der Waals surface area contributed by atoms with E-state index in [0.717, 1.165) is 23.5 Å². The van der Waals surface area contributed by atoms with Crippen molar-refractivity contribution in [2.24, 2.45) is 0 Å². The Morgan fingerprint density at radius 1 is 1.18 bits per heavy atom. The van der Waals surface area contributed by atoms with Gasteiger partial charge in [0.15, 0.2) is 0 Å². The number of thioether (sulfide) groups is 1. The van der Waals surface area contributed by atoms with Gasteiger partial charge in [-0.3, -0.25) is 9.69 Å². The predicted molar refractivity (Wildman–Crippen MR) is 111 cm³/mol. The summed E-state index contributed by atoms with van der Waals surface area (Å²) in [5.41, 5.74) is 0.988. The SMILES string of the molecule is CC(Sc1ccc(Cl)cc1)C(=O)NCC(c1ccc(F)cc1)N1CCOCC1. The monoisotopic (exact) mass is 422 g/mol. The third-order valence-electron chi connectivity index (χ3n) is 4.71. The molecule has 150 valence electrons. The highest BCUT2D eigenvalue weighted by molar-refractivity contribution is 8.00. The first-order chi connectivity index (χ1) is 13.5. The number of rotatable bonds is 7. The van der Waals surface area contributed by atoms with Gasteiger partial charge < -0.3 is 10.1 Å². The summed E-state index contributed by atoms with van der Waals surface area (Å²) in [5, 5.41) is 3.50. The number of nitrogens with one attached hydrogen (secondary N) is 1. The molecule has 1 amide bonds. The lowest BCUT2D eigenvalue weighted by Crippen LogP contribution is -2.44. The molecule has 1 fully saturated rings. The predicted octanol–water partition coefficient (Wildman–Crippen LogP) is 4.15. The number of amides is 1. The number of hydrogen-bond acceptors (Lipinski definition) is 4. The van der Waals surface area contributed by atoms with Crippen molar-refractivity contribution >= 4 is 29.3 Å². The standard InChI is InChI=1S/C21H24ClFN2O2S/c1-15(28-19-8-4-17(22)5-9-19)21(26)24-14-20(25-10-12-27-13-11-25)16-2-6-18(23)7-3-16/h2-9,15,20H,10-14H2,1H3,(H,24,26). The van der Waals surface area contributed by atoms with E-state index in [2.05, 4.69) is 10.2 Å². The molecule has 1 aliphatic rings. The van der Waals surface area contributed by atoms with E-state index in [-0.39, 0.29) is 23.0 Å². The number of carbonyl (C=O) groups excluding carboxylic acids is 1. The first-order valence-corrected chi connectivity index (χ1v) is 10.6. The smallest absolute Gasteiger partial charge is 0.233 e. The molecule has 2 atom stereocenters. The molecule has 28 heavy (non-hydrogen) atoms. The molecule has 4 nitrogen and oxygen atoms in total. The highest BCUT2D eigenvalue weighted by atomic mass is 35.5. The van der Waals surface area contributed by atoms with E-state index in [1.165, 1.54) is 23.9 Å². The second-order valence-electron chi connectivity index (χ2n) is 6.67. The lowest BCUT2D eigenvalue weighted by molar-refractivity contribution is -0.120. The van der Waals surface area contributed by atoms with E-state index < -0.39 is 0 Å². The molecule has 0 saturated carbocycles. The van der Waals surface area contributed by atoms with Crippen molar-refractivity contribution in [2.45, 2.75) is 23.1 Å². The summed E-state index contributed by atoms with van der Waals surface area (Å²) < 4.78 is 18.8. The number of carbonyl (C=O) groups is 1. The van der Waals surface area contributed by atoms with Crippen molar-refractivity contribution in [1.29, 1.82) is 0 Å². The third kappa shape index (κ3) is 5.95. The van der Waals surface area contributed by atoms with Gasteiger partial charge in [0.05, 0.1) is 24.5 Å². The molecular weight excluding hydrogens is 399 g/mol. The molecule has 2 unspecified atom stereocenters. The summed E-state index contributed by atoms with van der Waals surface area (Å²) in [5.74, 6) is -0.290. The largest absolute Gasteiger partial charge is 0.379 e. The van der Waals surface area contributed by atoms with E-state index in [1.54, 1.807) is 12.1 Å². The van der Waals surface area contributed by atoms with Crippen LogP contribution in [0.15, 0.2) is 53.4 Å². The lowest BCUT2D eigenvalue weighted by atomic mass is 10.0. The molecule has 7 heteroatoms. The van der Waals surface area contributed by atoms with Crippen LogP contribution in [0.4, 0.5) is 4.39 Å². The van der Waals surface area contributed by atoms with Crippen LogP contribution in [-0.2, 0) is 9.53 Å². The van der Waals surface area contributed by atoms with Gasteiger partial charge in [-0.15, -0.1) is 11.8 Å². The van der Waals surface area contributed by atoms with E-state index >= 15 is 0 Å². The zero-order valence-electron chi connectivity index (χ0n) is 15.7. The fourth-order valence-electron chi connectivity index (χ4n) is 3.14. The van der Waals surface area contributed by atoms with Gasteiger partial charge in [0.1, 0.15) is 5.82 Å². The number of ether oxygens (including phenoxy) is 1. The first-order valence-electron chi connectivity index (χ1n) is 9.30. The van der Waals surface area contributed by atoms with Crippen LogP contribution in [0, 0.1) is 5.82 Å². The van der Waals surface area contributed by atoms with Gasteiger partial charge in [-0.25, -0.2) is 4.39 Å². The van der Waals surface area contributed by atoms with E-state index in [0.29, 0.717) is 24.8 Å². The first kappa shape index (κ1) is 21.1. The molecule has 1 N–H and O–H groups in total. The number of morpholine rings is 1. The Balaban J connectivity index is 1.62. The Morgan fingerprint density at radius 2 is 1.82 bits per heavy atom. The highest BCUT2D eigenvalue weighted by Crippen LogP contribution is 2.26. The zero-order valence-corrected chi connectivity index (χ0v) is 17.3. The van der Waals surface area contributed by atoms with Gasteiger partial charge >= 0.3 is 0 Å². The van der Waals surface area contributed by atoms with Crippen LogP contribution >= 0.6 is 23.4 Å². The van der Waals surface area contributed by atoms with Crippen LogP contribution in [0.2, 0.25) is 5.02 Å². The highest BCUT2D eigenvalue weighted by Gasteiger charge is 2.24. The number of hydrogen-bond donors (Lipinski definition) is 1. The second kappa shape index (κ2) is 10.3. The number of benzene rings is 2. The van der Waals surface area contributed by atoms with Crippen LogP contribution < -0.4 is 5.32 Å². The summed E-state index contributed by atoms with van der Waals surface area (Å²) in [4.78, 5) is 15.9. The van der Waals surface area contributed by atoms with Crippen LogP contribution in [0.5, 0.6) is 0 Å². The Bertz CT molecular complexity index is 767. The van der Waals surface area contributed by atoms with Crippen molar-refractivity contribution in [3.8, 4) is 0 Å². The third-order valence-corrected chi connectivity index (χ3v) is 6.07. The molecule has 2 aromatic carbocycles. The minimum Gasteiger partial charge on any atom is -0.379 e. The molecule has 3 rings (SSSR count). The topological polar surface area (TPSA) is 41.6 Å². The van der Waals surface area contributed by atoms with Gasteiger partial charge in [-0.1, -0.05) is 23.7 Å². The average molecular weight is 423 g/mol. The number of nitrogens with zero attached hydrogens (tertiary/aromatic N) is 1. The Hall–Kier alpha value is -1.60. The van der Waals surface area contributed by atoms with Crippen LogP contribution in [0.3, 0.4) is 0 Å². The van der Waals surface area contributed by atoms with Crippen LogP contribution in [0.1, 0.15) is 18.5 Å². The van der Waals surface area contributed by atoms with E-state index in [1.807, 2.05) is 31.2 Å². The molecule has 1 saturated heterocycles. The number of halogens is 2. The van der Waals surface area contributed by atoms with Crippen LogP contribution in [0.25, 0.3) is 0 Å². The maximum atomic E-state index is 13.3. The van der Waals surface area contributed by atoms with Crippen molar-refractivity contribution in [3.05, 3.63) is 64.9 Å². The summed E-state index contributed by atoms with van der Waals surface area (Å²) in [7, 11) is 0. The quantitative estimate of drug-likeness (QED) is 0.680. The van der Waals surface area contributed by atoms with Gasteiger partial charge in [-0.05, 0) is 48.9 Å². The zero-order chi connectivity index (χ0) is 19.9. The van der Waals surface area contributed by atoms with Gasteiger partial charge in [0, 0.05) is 29.6 Å². The lowest BCUT2D eigenvalue weighted by Gasteiger charge is -2.35. The molecule has 0 bridgehead atoms. The van der Waals surface area contributed by atoms with Crippen molar-refractivity contribution in [2.75, 3.05) is 32.8 Å².